The molecule has 0 atom stereocenters. The van der Waals surface area contributed by atoms with E-state index in [1.165, 1.54) is 16.9 Å². The highest BCUT2D eigenvalue weighted by Gasteiger charge is 2.11. The van der Waals surface area contributed by atoms with Gasteiger partial charge < -0.3 is 10.1 Å². The first-order valence-electron chi connectivity index (χ1n) is 9.32. The van der Waals surface area contributed by atoms with Crippen molar-refractivity contribution in [1.82, 2.24) is 9.97 Å². The summed E-state index contributed by atoms with van der Waals surface area (Å²) in [6.45, 7) is 5.98. The predicted octanol–water partition coefficient (Wildman–Crippen LogP) is 5.30. The van der Waals surface area contributed by atoms with Gasteiger partial charge in [0, 0.05) is 17.4 Å². The minimum Gasteiger partial charge on any atom is -0.484 e. The Hall–Kier alpha value is -3.25. The largest absolute Gasteiger partial charge is 0.484 e. The van der Waals surface area contributed by atoms with Crippen molar-refractivity contribution in [3.63, 3.8) is 0 Å². The van der Waals surface area contributed by atoms with Crippen molar-refractivity contribution in [1.29, 1.82) is 0 Å². The van der Waals surface area contributed by atoms with Gasteiger partial charge in [0.15, 0.2) is 6.61 Å². The molecule has 0 unspecified atom stereocenters. The summed E-state index contributed by atoms with van der Waals surface area (Å²) < 4.78 is 5.64. The summed E-state index contributed by atoms with van der Waals surface area (Å²) >= 11 is 1.53. The van der Waals surface area contributed by atoms with Crippen LogP contribution in [0.3, 0.4) is 0 Å². The lowest BCUT2D eigenvalue weighted by Gasteiger charge is -2.11. The topological polar surface area (TPSA) is 64.1 Å². The van der Waals surface area contributed by atoms with Crippen molar-refractivity contribution in [2.75, 3.05) is 11.9 Å². The normalized spacial score (nSPS) is 10.9. The molecular weight excluding hydrogens is 382 g/mol. The first kappa shape index (κ1) is 19.1. The van der Waals surface area contributed by atoms with Crippen molar-refractivity contribution in [2.24, 2.45) is 0 Å². The van der Waals surface area contributed by atoms with E-state index in [9.17, 15) is 4.79 Å². The molecule has 0 aliphatic carbocycles. The fourth-order valence-corrected chi connectivity index (χ4v) is 3.83. The highest BCUT2D eigenvalue weighted by molar-refractivity contribution is 7.21. The van der Waals surface area contributed by atoms with E-state index in [0.29, 0.717) is 5.75 Å². The number of thiazole rings is 1. The Morgan fingerprint density at radius 2 is 1.86 bits per heavy atom. The van der Waals surface area contributed by atoms with Crippen LogP contribution in [0.25, 0.3) is 20.9 Å². The number of anilines is 1. The molecule has 0 bridgehead atoms. The molecule has 6 heteroatoms. The van der Waals surface area contributed by atoms with Crippen LogP contribution in [0.4, 0.5) is 5.69 Å². The number of ether oxygens (including phenoxy) is 1. The molecule has 1 N–H and O–H groups in total. The van der Waals surface area contributed by atoms with Gasteiger partial charge in [-0.3, -0.25) is 4.79 Å². The second-order valence-corrected chi connectivity index (χ2v) is 7.94. The molecule has 0 aliphatic heterocycles. The lowest BCUT2D eigenvalue weighted by molar-refractivity contribution is -0.118. The molecule has 0 fully saturated rings. The Balaban J connectivity index is 1.48. The molecule has 29 heavy (non-hydrogen) atoms. The van der Waals surface area contributed by atoms with Crippen molar-refractivity contribution in [3.8, 4) is 16.3 Å². The number of carbonyl (C=O) groups excluding carboxylic acids is 1. The molecule has 4 rings (SSSR count). The monoisotopic (exact) mass is 403 g/mol. The molecule has 2 aromatic heterocycles. The van der Waals surface area contributed by atoms with Crippen LogP contribution in [0, 0.1) is 20.8 Å². The molecule has 0 spiro atoms. The minimum absolute atomic E-state index is 0.0444. The highest BCUT2D eigenvalue weighted by atomic mass is 32.1. The highest BCUT2D eigenvalue weighted by Crippen LogP contribution is 2.31. The van der Waals surface area contributed by atoms with Crippen molar-refractivity contribution in [2.45, 2.75) is 20.8 Å². The van der Waals surface area contributed by atoms with Crippen LogP contribution in [0.5, 0.6) is 5.75 Å². The number of nitrogens with zero attached hydrogens (tertiary/aromatic N) is 2. The van der Waals surface area contributed by atoms with Crippen LogP contribution in [-0.2, 0) is 4.79 Å². The van der Waals surface area contributed by atoms with E-state index in [1.54, 1.807) is 6.20 Å². The van der Waals surface area contributed by atoms with Crippen molar-refractivity contribution < 1.29 is 9.53 Å². The molecule has 4 aromatic rings. The van der Waals surface area contributed by atoms with Crippen LogP contribution in [0.2, 0.25) is 0 Å². The zero-order valence-corrected chi connectivity index (χ0v) is 17.3. The Morgan fingerprint density at radius 3 is 2.66 bits per heavy atom. The second kappa shape index (κ2) is 8.01. The average molecular weight is 404 g/mol. The van der Waals surface area contributed by atoms with Crippen LogP contribution in [0.1, 0.15) is 16.7 Å². The number of rotatable bonds is 5. The molecule has 2 heterocycles. The smallest absolute Gasteiger partial charge is 0.262 e. The SMILES string of the molecule is Cc1ccc(OCC(=O)Nc2cc(-c3nc4cccnc4s3)ccc2C)cc1C. The van der Waals surface area contributed by atoms with E-state index in [1.807, 2.05) is 69.3 Å². The van der Waals surface area contributed by atoms with E-state index >= 15 is 0 Å². The maximum Gasteiger partial charge on any atom is 0.262 e. The van der Waals surface area contributed by atoms with Crippen LogP contribution in [0.15, 0.2) is 54.7 Å². The third kappa shape index (κ3) is 4.27. The van der Waals surface area contributed by atoms with Crippen LogP contribution < -0.4 is 10.1 Å². The van der Waals surface area contributed by atoms with E-state index in [0.717, 1.165) is 37.7 Å². The Kier molecular flexibility index (Phi) is 5.27. The van der Waals surface area contributed by atoms with Crippen LogP contribution >= 0.6 is 11.3 Å². The first-order valence-corrected chi connectivity index (χ1v) is 10.1. The van der Waals surface area contributed by atoms with Gasteiger partial charge in [0.1, 0.15) is 21.1 Å². The number of pyridine rings is 1. The molecule has 0 saturated heterocycles. The number of fused-ring (bicyclic) bond motifs is 1. The predicted molar refractivity (Wildman–Crippen MR) is 118 cm³/mol. The summed E-state index contributed by atoms with van der Waals surface area (Å²) in [5.74, 6) is 0.491. The number of benzene rings is 2. The van der Waals surface area contributed by atoms with Gasteiger partial charge in [-0.2, -0.15) is 0 Å². The summed E-state index contributed by atoms with van der Waals surface area (Å²) in [5.41, 5.74) is 5.89. The Bertz CT molecular complexity index is 1170. The van der Waals surface area contributed by atoms with E-state index in [2.05, 4.69) is 15.3 Å². The number of aromatic nitrogens is 2. The third-order valence-corrected chi connectivity index (χ3v) is 5.80. The van der Waals surface area contributed by atoms with Crippen molar-refractivity contribution in [3.05, 3.63) is 71.4 Å². The number of hydrogen-bond donors (Lipinski definition) is 1. The van der Waals surface area contributed by atoms with Crippen LogP contribution in [-0.4, -0.2) is 22.5 Å². The number of aryl methyl sites for hydroxylation is 3. The number of hydrogen-bond acceptors (Lipinski definition) is 5. The van der Waals surface area contributed by atoms with Gasteiger partial charge in [-0.05, 0) is 67.8 Å². The quantitative estimate of drug-likeness (QED) is 0.491. The summed E-state index contributed by atoms with van der Waals surface area (Å²) in [6, 6.07) is 15.6. The van der Waals surface area contributed by atoms with Gasteiger partial charge in [-0.25, -0.2) is 9.97 Å². The third-order valence-electron chi connectivity index (χ3n) is 4.77. The Morgan fingerprint density at radius 1 is 1.03 bits per heavy atom. The number of nitrogens with one attached hydrogen (secondary N) is 1. The maximum atomic E-state index is 12.4. The molecule has 0 saturated carbocycles. The summed E-state index contributed by atoms with van der Waals surface area (Å²) in [4.78, 5) is 22.3. The van der Waals surface area contributed by atoms with Gasteiger partial charge in [0.05, 0.1) is 0 Å². The number of amides is 1. The molecular formula is C23H21N3O2S. The average Bonchev–Trinajstić information content (AvgIpc) is 3.15. The molecule has 2 aromatic carbocycles. The van der Waals surface area contributed by atoms with Gasteiger partial charge in [-0.15, -0.1) is 0 Å². The van der Waals surface area contributed by atoms with E-state index < -0.39 is 0 Å². The first-order chi connectivity index (χ1) is 14.0. The molecule has 0 aliphatic rings. The molecule has 5 nitrogen and oxygen atoms in total. The summed E-state index contributed by atoms with van der Waals surface area (Å²) in [5, 5.41) is 3.82. The van der Waals surface area contributed by atoms with Gasteiger partial charge in [-0.1, -0.05) is 29.5 Å². The lowest BCUT2D eigenvalue weighted by atomic mass is 10.1. The molecule has 1 amide bonds. The maximum absolute atomic E-state index is 12.4. The Labute approximate surface area is 173 Å². The lowest BCUT2D eigenvalue weighted by Crippen LogP contribution is -2.20. The standard InChI is InChI=1S/C23H21N3O2S/c1-14-7-9-18(11-16(14)3)28-13-21(27)25-20-12-17(8-6-15(20)2)22-26-19-5-4-10-24-23(19)29-22/h4-12H,13H2,1-3H3,(H,25,27). The molecule has 0 radical (unpaired) electrons. The summed E-state index contributed by atoms with van der Waals surface area (Å²) in [6.07, 6.45) is 1.76. The zero-order valence-electron chi connectivity index (χ0n) is 16.5. The fraction of sp³-hybridized carbons (Fsp3) is 0.174. The van der Waals surface area contributed by atoms with Gasteiger partial charge >= 0.3 is 0 Å². The summed E-state index contributed by atoms with van der Waals surface area (Å²) in [7, 11) is 0. The van der Waals surface area contributed by atoms with Crippen molar-refractivity contribution >= 4 is 33.3 Å². The fourth-order valence-electron chi connectivity index (χ4n) is 2.92. The van der Waals surface area contributed by atoms with Gasteiger partial charge in [0.25, 0.3) is 5.91 Å². The van der Waals surface area contributed by atoms with Gasteiger partial charge in [0.2, 0.25) is 0 Å². The minimum atomic E-state index is -0.200. The van der Waals surface area contributed by atoms with E-state index in [-0.39, 0.29) is 12.5 Å². The molecule has 146 valence electrons. The zero-order chi connectivity index (χ0) is 20.4. The van der Waals surface area contributed by atoms with E-state index in [4.69, 9.17) is 4.74 Å². The second-order valence-electron chi connectivity index (χ2n) is 6.96. The number of carbonyl (C=O) groups is 1.